The molecular formula is C15H9BrN2O2S. The quantitative estimate of drug-likeness (QED) is 0.479. The van der Waals surface area contributed by atoms with Crippen LogP contribution in [0.25, 0.3) is 21.8 Å². The van der Waals surface area contributed by atoms with Crippen LogP contribution in [0.1, 0.15) is 0 Å². The fraction of sp³-hybridized carbons (Fsp3) is 0. The smallest absolute Gasteiger partial charge is 0.258 e. The van der Waals surface area contributed by atoms with E-state index in [9.17, 15) is 10.1 Å². The Bertz CT molecular complexity index is 782. The highest BCUT2D eigenvalue weighted by atomic mass is 79.9. The van der Waals surface area contributed by atoms with E-state index in [1.807, 2.05) is 29.6 Å². The van der Waals surface area contributed by atoms with Crippen molar-refractivity contribution in [2.75, 3.05) is 0 Å². The Morgan fingerprint density at radius 1 is 1.00 bits per heavy atom. The van der Waals surface area contributed by atoms with Gasteiger partial charge >= 0.3 is 0 Å². The predicted octanol–water partition coefficient (Wildman–Crippen LogP) is 5.15. The van der Waals surface area contributed by atoms with Crippen molar-refractivity contribution in [3.05, 3.63) is 68.5 Å². The highest BCUT2D eigenvalue weighted by Gasteiger charge is 2.09. The van der Waals surface area contributed by atoms with Crippen molar-refractivity contribution in [2.45, 2.75) is 0 Å². The van der Waals surface area contributed by atoms with Gasteiger partial charge in [0.15, 0.2) is 0 Å². The van der Waals surface area contributed by atoms with Crippen LogP contribution in [-0.2, 0) is 0 Å². The lowest BCUT2D eigenvalue weighted by atomic mass is 10.2. The molecule has 0 radical (unpaired) electrons. The van der Waals surface area contributed by atoms with Crippen LogP contribution in [0.4, 0.5) is 5.69 Å². The summed E-state index contributed by atoms with van der Waals surface area (Å²) in [5.41, 5.74) is 2.92. The molecule has 1 heterocycles. The maximum Gasteiger partial charge on any atom is 0.269 e. The third-order valence-electron chi connectivity index (χ3n) is 2.97. The highest BCUT2D eigenvalue weighted by Crippen LogP contribution is 2.30. The molecule has 4 nitrogen and oxygen atoms in total. The van der Waals surface area contributed by atoms with Crippen molar-refractivity contribution in [1.82, 2.24) is 4.98 Å². The molecule has 6 heteroatoms. The van der Waals surface area contributed by atoms with Crippen LogP contribution in [0.5, 0.6) is 0 Å². The van der Waals surface area contributed by atoms with Crippen molar-refractivity contribution in [3.8, 4) is 21.8 Å². The van der Waals surface area contributed by atoms with Crippen LogP contribution >= 0.6 is 27.3 Å². The molecule has 0 amide bonds. The first-order valence-electron chi connectivity index (χ1n) is 6.10. The first-order chi connectivity index (χ1) is 10.1. The molecule has 21 heavy (non-hydrogen) atoms. The Balaban J connectivity index is 1.90. The zero-order chi connectivity index (χ0) is 14.8. The van der Waals surface area contributed by atoms with Crippen molar-refractivity contribution >= 4 is 33.0 Å². The van der Waals surface area contributed by atoms with E-state index in [0.717, 1.165) is 26.3 Å². The number of nitro groups is 1. The van der Waals surface area contributed by atoms with Crippen molar-refractivity contribution in [1.29, 1.82) is 0 Å². The standard InChI is InChI=1S/C15H9BrN2O2S/c16-12-5-1-10(2-6-12)14-9-21-15(17-14)11-3-7-13(8-4-11)18(19)20/h1-9H. The molecule has 0 fully saturated rings. The third-order valence-corrected chi connectivity index (χ3v) is 4.39. The summed E-state index contributed by atoms with van der Waals surface area (Å²) in [5, 5.41) is 13.5. The van der Waals surface area contributed by atoms with Crippen LogP contribution in [0.15, 0.2) is 58.4 Å². The number of aromatic nitrogens is 1. The molecule has 0 unspecified atom stereocenters. The van der Waals surface area contributed by atoms with E-state index in [0.29, 0.717) is 0 Å². The maximum atomic E-state index is 10.7. The van der Waals surface area contributed by atoms with Gasteiger partial charge in [0.05, 0.1) is 10.6 Å². The van der Waals surface area contributed by atoms with Gasteiger partial charge in [0.1, 0.15) is 5.01 Å². The summed E-state index contributed by atoms with van der Waals surface area (Å²) >= 11 is 4.93. The zero-order valence-electron chi connectivity index (χ0n) is 10.7. The Kier molecular flexibility index (Phi) is 3.81. The Morgan fingerprint density at radius 2 is 1.62 bits per heavy atom. The van der Waals surface area contributed by atoms with E-state index < -0.39 is 4.92 Å². The fourth-order valence-electron chi connectivity index (χ4n) is 1.89. The first-order valence-corrected chi connectivity index (χ1v) is 7.77. The van der Waals surface area contributed by atoms with Crippen molar-refractivity contribution < 1.29 is 4.92 Å². The van der Waals surface area contributed by atoms with Gasteiger partial charge in [-0.1, -0.05) is 28.1 Å². The normalized spacial score (nSPS) is 10.5. The average Bonchev–Trinajstić information content (AvgIpc) is 2.98. The Labute approximate surface area is 133 Å². The number of rotatable bonds is 3. The van der Waals surface area contributed by atoms with Gasteiger partial charge in [-0.2, -0.15) is 0 Å². The van der Waals surface area contributed by atoms with Gasteiger partial charge in [0.2, 0.25) is 0 Å². The van der Waals surface area contributed by atoms with Gasteiger partial charge in [-0.25, -0.2) is 4.98 Å². The summed E-state index contributed by atoms with van der Waals surface area (Å²) < 4.78 is 1.03. The number of nitrogens with zero attached hydrogens (tertiary/aromatic N) is 2. The molecular weight excluding hydrogens is 352 g/mol. The molecule has 1 aromatic heterocycles. The lowest BCUT2D eigenvalue weighted by Crippen LogP contribution is -1.87. The zero-order valence-corrected chi connectivity index (χ0v) is 13.1. The number of thiazole rings is 1. The Hall–Kier alpha value is -2.05. The monoisotopic (exact) mass is 360 g/mol. The molecule has 3 rings (SSSR count). The van der Waals surface area contributed by atoms with Gasteiger partial charge < -0.3 is 0 Å². The van der Waals surface area contributed by atoms with E-state index in [2.05, 4.69) is 20.9 Å². The molecule has 2 aromatic carbocycles. The molecule has 0 aliphatic heterocycles. The van der Waals surface area contributed by atoms with Crippen molar-refractivity contribution in [2.24, 2.45) is 0 Å². The minimum absolute atomic E-state index is 0.0865. The second-order valence-corrected chi connectivity index (χ2v) is 6.12. The number of halogens is 1. The van der Waals surface area contributed by atoms with Crippen LogP contribution in [0, 0.1) is 10.1 Å². The topological polar surface area (TPSA) is 56.0 Å². The molecule has 0 saturated carbocycles. The lowest BCUT2D eigenvalue weighted by Gasteiger charge is -1.97. The van der Waals surface area contributed by atoms with E-state index >= 15 is 0 Å². The van der Waals surface area contributed by atoms with E-state index in [1.54, 1.807) is 12.1 Å². The number of nitro benzene ring substituents is 1. The number of hydrogen-bond acceptors (Lipinski definition) is 4. The molecule has 0 aliphatic rings. The number of benzene rings is 2. The second kappa shape index (κ2) is 5.75. The van der Waals surface area contributed by atoms with E-state index in [4.69, 9.17) is 0 Å². The third kappa shape index (κ3) is 3.01. The highest BCUT2D eigenvalue weighted by molar-refractivity contribution is 9.10. The van der Waals surface area contributed by atoms with Gasteiger partial charge in [-0.15, -0.1) is 11.3 Å². The SMILES string of the molecule is O=[N+]([O-])c1ccc(-c2nc(-c3ccc(Br)cc3)cs2)cc1. The Morgan fingerprint density at radius 3 is 2.24 bits per heavy atom. The van der Waals surface area contributed by atoms with Gasteiger partial charge in [-0.3, -0.25) is 10.1 Å². The summed E-state index contributed by atoms with van der Waals surface area (Å²) in [5.74, 6) is 0. The second-order valence-electron chi connectivity index (χ2n) is 4.35. The van der Waals surface area contributed by atoms with E-state index in [1.165, 1.54) is 23.5 Å². The summed E-state index contributed by atoms with van der Waals surface area (Å²) in [4.78, 5) is 14.8. The van der Waals surface area contributed by atoms with Crippen molar-refractivity contribution in [3.63, 3.8) is 0 Å². The molecule has 0 N–H and O–H groups in total. The molecule has 0 bridgehead atoms. The maximum absolute atomic E-state index is 10.7. The molecule has 3 aromatic rings. The van der Waals surface area contributed by atoms with Crippen LogP contribution in [0.2, 0.25) is 0 Å². The first kappa shape index (κ1) is 13.9. The van der Waals surface area contributed by atoms with Gasteiger partial charge in [0, 0.05) is 33.1 Å². The molecule has 0 aliphatic carbocycles. The van der Waals surface area contributed by atoms with E-state index in [-0.39, 0.29) is 5.69 Å². The van der Waals surface area contributed by atoms with Crippen LogP contribution in [0.3, 0.4) is 0 Å². The van der Waals surface area contributed by atoms with Gasteiger partial charge in [0.25, 0.3) is 5.69 Å². The fourth-order valence-corrected chi connectivity index (χ4v) is 2.98. The predicted molar refractivity (Wildman–Crippen MR) is 87.3 cm³/mol. The summed E-state index contributed by atoms with van der Waals surface area (Å²) in [6, 6.07) is 14.4. The average molecular weight is 361 g/mol. The van der Waals surface area contributed by atoms with Gasteiger partial charge in [-0.05, 0) is 24.3 Å². The number of hydrogen-bond donors (Lipinski definition) is 0. The van der Waals surface area contributed by atoms with Crippen LogP contribution < -0.4 is 0 Å². The largest absolute Gasteiger partial charge is 0.269 e. The molecule has 0 saturated heterocycles. The molecule has 0 atom stereocenters. The summed E-state index contributed by atoms with van der Waals surface area (Å²) in [6.07, 6.45) is 0. The minimum Gasteiger partial charge on any atom is -0.258 e. The molecule has 0 spiro atoms. The van der Waals surface area contributed by atoms with Crippen LogP contribution in [-0.4, -0.2) is 9.91 Å². The minimum atomic E-state index is -0.404. The number of non-ortho nitro benzene ring substituents is 1. The summed E-state index contributed by atoms with van der Waals surface area (Å²) in [6.45, 7) is 0. The molecule has 104 valence electrons. The lowest BCUT2D eigenvalue weighted by molar-refractivity contribution is -0.384. The summed E-state index contributed by atoms with van der Waals surface area (Å²) in [7, 11) is 0.